The van der Waals surface area contributed by atoms with E-state index in [0.29, 0.717) is 31.7 Å². The van der Waals surface area contributed by atoms with Gasteiger partial charge in [-0.1, -0.05) is 43.2 Å². The molecule has 2 N–H and O–H groups in total. The Kier molecular flexibility index (Phi) is 6.76. The monoisotopic (exact) mass is 531 g/mol. The maximum absolute atomic E-state index is 13.9. The van der Waals surface area contributed by atoms with Crippen LogP contribution in [0.5, 0.6) is 0 Å². The summed E-state index contributed by atoms with van der Waals surface area (Å²) in [5.74, 6) is 0. The van der Waals surface area contributed by atoms with Crippen molar-refractivity contribution in [2.45, 2.75) is 50.3 Å². The van der Waals surface area contributed by atoms with Gasteiger partial charge in [0.1, 0.15) is 0 Å². The Balaban J connectivity index is 1.22. The first-order valence-corrected chi connectivity index (χ1v) is 14.0. The number of carbonyl (C=O) groups is 1. The van der Waals surface area contributed by atoms with E-state index in [-0.39, 0.29) is 24.2 Å². The summed E-state index contributed by atoms with van der Waals surface area (Å²) in [5, 5.41) is 19.8. The summed E-state index contributed by atoms with van der Waals surface area (Å²) in [6.07, 6.45) is 9.17. The minimum atomic E-state index is -1.09. The molecule has 2 atom stereocenters. The SMILES string of the molecule is Cn1cc(-c2cc(=O)n(C[C@]3(O)CCN(C(=O)N4CCNC[C@H]4c4ccccc4)CC34CCCC4)cn2)cn1. The second-order valence-electron chi connectivity index (χ2n) is 11.4. The summed E-state index contributed by atoms with van der Waals surface area (Å²) in [5.41, 5.74) is 0.736. The van der Waals surface area contributed by atoms with Gasteiger partial charge < -0.3 is 20.2 Å². The molecule has 1 spiro atoms. The molecule has 39 heavy (non-hydrogen) atoms. The van der Waals surface area contributed by atoms with E-state index in [9.17, 15) is 14.7 Å². The molecule has 0 radical (unpaired) electrons. The van der Waals surface area contributed by atoms with E-state index in [1.807, 2.05) is 41.2 Å². The highest BCUT2D eigenvalue weighted by atomic mass is 16.3. The molecule has 10 nitrogen and oxygen atoms in total. The highest BCUT2D eigenvalue weighted by molar-refractivity contribution is 5.75. The Hall–Kier alpha value is -3.50. The number of benzene rings is 1. The Morgan fingerprint density at radius 1 is 1.15 bits per heavy atom. The molecule has 6 rings (SSSR count). The van der Waals surface area contributed by atoms with Crippen LogP contribution in [0.2, 0.25) is 0 Å². The number of nitrogens with zero attached hydrogens (tertiary/aromatic N) is 6. The quantitative estimate of drug-likeness (QED) is 0.535. The van der Waals surface area contributed by atoms with Crippen LogP contribution in [0.25, 0.3) is 11.3 Å². The van der Waals surface area contributed by atoms with Crippen LogP contribution in [0.3, 0.4) is 0 Å². The van der Waals surface area contributed by atoms with Crippen LogP contribution in [0.1, 0.15) is 43.7 Å². The highest BCUT2D eigenvalue weighted by Gasteiger charge is 2.56. The van der Waals surface area contributed by atoms with Crippen molar-refractivity contribution < 1.29 is 9.90 Å². The number of likely N-dealkylation sites (tertiary alicyclic amines) is 1. The first kappa shape index (κ1) is 25.8. The summed E-state index contributed by atoms with van der Waals surface area (Å²) in [4.78, 5) is 35.5. The summed E-state index contributed by atoms with van der Waals surface area (Å²) < 4.78 is 3.20. The Bertz CT molecular complexity index is 1380. The molecule has 0 bridgehead atoms. The Morgan fingerprint density at radius 2 is 1.95 bits per heavy atom. The van der Waals surface area contributed by atoms with E-state index >= 15 is 0 Å². The predicted octanol–water partition coefficient (Wildman–Crippen LogP) is 2.41. The van der Waals surface area contributed by atoms with E-state index in [1.54, 1.807) is 10.9 Å². The normalized spacial score (nSPS) is 24.8. The molecule has 2 saturated heterocycles. The lowest BCUT2D eigenvalue weighted by Gasteiger charge is -2.53. The van der Waals surface area contributed by atoms with E-state index in [0.717, 1.165) is 49.9 Å². The molecule has 1 aromatic carbocycles. The number of urea groups is 1. The van der Waals surface area contributed by atoms with Gasteiger partial charge >= 0.3 is 6.03 Å². The average Bonchev–Trinajstić information content (AvgIpc) is 3.62. The van der Waals surface area contributed by atoms with Gasteiger partial charge in [-0.2, -0.15) is 5.10 Å². The molecule has 10 heteroatoms. The lowest BCUT2D eigenvalue weighted by Crippen LogP contribution is -2.64. The Morgan fingerprint density at radius 3 is 2.67 bits per heavy atom. The van der Waals surface area contributed by atoms with Crippen molar-refractivity contribution in [2.75, 3.05) is 32.7 Å². The fraction of sp³-hybridized carbons (Fsp3) is 0.517. The van der Waals surface area contributed by atoms with E-state index in [2.05, 4.69) is 27.5 Å². The molecule has 3 aromatic rings. The van der Waals surface area contributed by atoms with Crippen LogP contribution in [-0.2, 0) is 13.6 Å². The van der Waals surface area contributed by atoms with Gasteiger partial charge in [0.15, 0.2) is 0 Å². The topological polar surface area (TPSA) is 109 Å². The van der Waals surface area contributed by atoms with E-state index in [1.165, 1.54) is 17.0 Å². The molecule has 2 aromatic heterocycles. The average molecular weight is 532 g/mol. The number of nitrogens with one attached hydrogen (secondary N) is 1. The molecular formula is C29H37N7O3. The number of amides is 2. The minimum Gasteiger partial charge on any atom is -0.387 e. The second-order valence-corrected chi connectivity index (χ2v) is 11.4. The number of piperazine rings is 1. The first-order chi connectivity index (χ1) is 18.9. The van der Waals surface area contributed by atoms with Gasteiger partial charge in [0.2, 0.25) is 0 Å². The number of carbonyl (C=O) groups excluding carboxylic acids is 1. The molecule has 0 unspecified atom stereocenters. The van der Waals surface area contributed by atoms with E-state index in [4.69, 9.17) is 0 Å². The highest BCUT2D eigenvalue weighted by Crippen LogP contribution is 2.51. The van der Waals surface area contributed by atoms with Crippen molar-refractivity contribution in [1.82, 2.24) is 34.4 Å². The largest absolute Gasteiger partial charge is 0.387 e. The third-order valence-corrected chi connectivity index (χ3v) is 9.09. The summed E-state index contributed by atoms with van der Waals surface area (Å²) in [6, 6.07) is 11.7. The number of aliphatic hydroxyl groups is 1. The smallest absolute Gasteiger partial charge is 0.320 e. The zero-order valence-electron chi connectivity index (χ0n) is 22.5. The lowest BCUT2D eigenvalue weighted by atomic mass is 9.66. The van der Waals surface area contributed by atoms with Gasteiger partial charge in [0.05, 0.1) is 36.4 Å². The third-order valence-electron chi connectivity index (χ3n) is 9.09. The Labute approximate surface area is 228 Å². The fourth-order valence-corrected chi connectivity index (χ4v) is 6.89. The van der Waals surface area contributed by atoms with Crippen molar-refractivity contribution >= 4 is 6.03 Å². The summed E-state index contributed by atoms with van der Waals surface area (Å²) in [7, 11) is 1.82. The van der Waals surface area contributed by atoms with Crippen LogP contribution >= 0.6 is 0 Å². The molecular weight excluding hydrogens is 494 g/mol. The molecule has 2 amide bonds. The predicted molar refractivity (Wildman–Crippen MR) is 147 cm³/mol. The van der Waals surface area contributed by atoms with Crippen molar-refractivity contribution in [1.29, 1.82) is 0 Å². The van der Waals surface area contributed by atoms with Crippen LogP contribution in [0.4, 0.5) is 4.79 Å². The van der Waals surface area contributed by atoms with Crippen molar-refractivity contribution in [3.63, 3.8) is 0 Å². The number of hydrogen-bond acceptors (Lipinski definition) is 6. The van der Waals surface area contributed by atoms with Crippen LogP contribution in [-0.4, -0.2) is 78.6 Å². The minimum absolute atomic E-state index is 0.0178. The first-order valence-electron chi connectivity index (χ1n) is 14.0. The number of hydrogen-bond donors (Lipinski definition) is 2. The number of piperidine rings is 1. The van der Waals surface area contributed by atoms with Gasteiger partial charge in [-0.05, 0) is 24.8 Å². The van der Waals surface area contributed by atoms with Gasteiger partial charge in [-0.15, -0.1) is 0 Å². The molecule has 2 aliphatic heterocycles. The van der Waals surface area contributed by atoms with Gasteiger partial charge in [-0.25, -0.2) is 9.78 Å². The fourth-order valence-electron chi connectivity index (χ4n) is 6.89. The van der Waals surface area contributed by atoms with Crippen molar-refractivity contribution in [3.8, 4) is 11.3 Å². The number of aromatic nitrogens is 4. The van der Waals surface area contributed by atoms with Crippen LogP contribution in [0.15, 0.2) is 59.9 Å². The number of rotatable bonds is 4. The molecule has 1 saturated carbocycles. The third kappa shape index (κ3) is 4.76. The van der Waals surface area contributed by atoms with Gasteiger partial charge in [0, 0.05) is 63.0 Å². The van der Waals surface area contributed by atoms with Gasteiger partial charge in [0.25, 0.3) is 5.56 Å². The van der Waals surface area contributed by atoms with Gasteiger partial charge in [-0.3, -0.25) is 14.0 Å². The second kappa shape index (κ2) is 10.2. The summed E-state index contributed by atoms with van der Waals surface area (Å²) >= 11 is 0. The number of aryl methyl sites for hydroxylation is 1. The summed E-state index contributed by atoms with van der Waals surface area (Å²) in [6.45, 7) is 3.28. The van der Waals surface area contributed by atoms with Crippen molar-refractivity contribution in [3.05, 3.63) is 71.0 Å². The van der Waals surface area contributed by atoms with E-state index < -0.39 is 11.0 Å². The molecule has 3 fully saturated rings. The maximum Gasteiger partial charge on any atom is 0.320 e. The van der Waals surface area contributed by atoms with Crippen LogP contribution in [0, 0.1) is 5.41 Å². The zero-order chi connectivity index (χ0) is 27.0. The molecule has 206 valence electrons. The van der Waals surface area contributed by atoms with Crippen LogP contribution < -0.4 is 10.9 Å². The molecule has 1 aliphatic carbocycles. The maximum atomic E-state index is 13.9. The standard InChI is InChI=1S/C29H37N7O3/c1-33-18-23(16-32-33)24-15-26(37)35(21-31-24)20-29(39)11-13-34(19-28(29)9-5-6-10-28)27(38)36-14-12-30-17-25(36)22-7-3-2-4-8-22/h2-4,7-8,15-16,18,21,25,30,39H,5-6,9-14,17,19-20H2,1H3/t25-,29+/m0/s1. The van der Waals surface area contributed by atoms with Crippen molar-refractivity contribution in [2.24, 2.45) is 12.5 Å². The molecule has 4 heterocycles. The zero-order valence-corrected chi connectivity index (χ0v) is 22.5. The molecule has 3 aliphatic rings. The lowest BCUT2D eigenvalue weighted by molar-refractivity contribution is -0.137.